The van der Waals surface area contributed by atoms with Gasteiger partial charge in [-0.15, -0.1) is 0 Å². The Morgan fingerprint density at radius 1 is 1.04 bits per heavy atom. The van der Waals surface area contributed by atoms with E-state index < -0.39 is 74.6 Å². The van der Waals surface area contributed by atoms with Crippen LogP contribution in [0.25, 0.3) is 0 Å². The van der Waals surface area contributed by atoms with E-state index in [4.69, 9.17) is 24.8 Å². The second-order valence-corrected chi connectivity index (χ2v) is 5.16. The number of ether oxygens (including phenoxy) is 2. The Morgan fingerprint density at radius 2 is 1.65 bits per heavy atom. The average Bonchev–Trinajstić information content (AvgIpc) is 2.56. The van der Waals surface area contributed by atoms with Crippen LogP contribution in [0.1, 0.15) is 0 Å². The van der Waals surface area contributed by atoms with E-state index in [-0.39, 0.29) is 0 Å². The van der Waals surface area contributed by atoms with Crippen molar-refractivity contribution in [3.05, 3.63) is 0 Å². The maximum atomic E-state index is 11.6. The predicted molar refractivity (Wildman–Crippen MR) is 69.8 cm³/mol. The molecular formula is C12H22O11. The van der Waals surface area contributed by atoms with Crippen molar-refractivity contribution < 1.29 is 55.1 Å². The monoisotopic (exact) mass is 342 g/mol. The van der Waals surface area contributed by atoms with Crippen LogP contribution in [0.4, 0.5) is 0 Å². The molecule has 1 heterocycles. The molecule has 0 radical (unpaired) electrons. The van der Waals surface area contributed by atoms with Crippen molar-refractivity contribution in [2.45, 2.75) is 49.0 Å². The van der Waals surface area contributed by atoms with E-state index in [9.17, 15) is 30.3 Å². The highest BCUT2D eigenvalue weighted by Crippen LogP contribution is 2.22. The Hall–Kier alpha value is -0.730. The first-order valence-electron chi connectivity index (χ1n) is 6.84. The molecular weight excluding hydrogens is 320 g/mol. The van der Waals surface area contributed by atoms with E-state index in [2.05, 4.69) is 0 Å². The van der Waals surface area contributed by atoms with Crippen LogP contribution in [0.3, 0.4) is 0 Å². The number of aliphatic hydroxyl groups is 8. The molecule has 1 saturated heterocycles. The van der Waals surface area contributed by atoms with Crippen LogP contribution in [0, 0.1) is 0 Å². The maximum Gasteiger partial charge on any atom is 0.189 e. The summed E-state index contributed by atoms with van der Waals surface area (Å²) in [7, 11) is 0. The Kier molecular flexibility index (Phi) is 7.89. The smallest absolute Gasteiger partial charge is 0.189 e. The molecule has 0 aromatic rings. The first-order valence-corrected chi connectivity index (χ1v) is 6.84. The SMILES string of the molecule is O=C(COC1O[C@H](CO)[C@@H](O)[C@H](O)[C@H]1O)[C@@H](O)[C@H](O)[C@@H](O)CO. The predicted octanol–water partition coefficient (Wildman–Crippen LogP) is -5.55. The number of aliphatic hydroxyl groups excluding tert-OH is 8. The van der Waals surface area contributed by atoms with Crippen molar-refractivity contribution in [2.24, 2.45) is 0 Å². The fourth-order valence-electron chi connectivity index (χ4n) is 1.96. The van der Waals surface area contributed by atoms with Crippen LogP contribution in [0.5, 0.6) is 0 Å². The highest BCUT2D eigenvalue weighted by Gasteiger charge is 2.44. The number of Topliss-reactive ketones (excluding diaryl/α,β-unsaturated/α-hetero) is 1. The van der Waals surface area contributed by atoms with Crippen molar-refractivity contribution in [1.82, 2.24) is 0 Å². The quantitative estimate of drug-likeness (QED) is 0.209. The van der Waals surface area contributed by atoms with Gasteiger partial charge in [-0.25, -0.2) is 0 Å². The first kappa shape index (κ1) is 20.3. The highest BCUT2D eigenvalue weighted by atomic mass is 16.7. The van der Waals surface area contributed by atoms with Crippen molar-refractivity contribution in [3.8, 4) is 0 Å². The largest absolute Gasteiger partial charge is 0.394 e. The summed E-state index contributed by atoms with van der Waals surface area (Å²) >= 11 is 0. The normalized spacial score (nSPS) is 35.6. The third-order valence-electron chi connectivity index (χ3n) is 3.47. The lowest BCUT2D eigenvalue weighted by atomic mass is 9.99. The fraction of sp³-hybridized carbons (Fsp3) is 0.917. The molecule has 23 heavy (non-hydrogen) atoms. The lowest BCUT2D eigenvalue weighted by Crippen LogP contribution is -2.59. The van der Waals surface area contributed by atoms with Gasteiger partial charge in [0.1, 0.15) is 49.3 Å². The number of carbonyl (C=O) groups is 1. The Balaban J connectivity index is 2.57. The summed E-state index contributed by atoms with van der Waals surface area (Å²) in [6.45, 7) is -2.42. The standard InChI is InChI=1S/C12H22O11/c13-1-4(15)7(17)8(18)5(16)3-22-12-11(21)10(20)9(19)6(2-14)23-12/h4,6-15,17-21H,1-3H2/t4-,6+,7+,8+,9+,10-,11+,12?/m0/s1. The van der Waals surface area contributed by atoms with E-state index in [0.717, 1.165) is 0 Å². The number of hydrogen-bond acceptors (Lipinski definition) is 11. The van der Waals surface area contributed by atoms with Gasteiger partial charge in [0.25, 0.3) is 0 Å². The van der Waals surface area contributed by atoms with Gasteiger partial charge in [0.05, 0.1) is 13.2 Å². The topological polar surface area (TPSA) is 197 Å². The summed E-state index contributed by atoms with van der Waals surface area (Å²) in [5.74, 6) is -1.08. The van der Waals surface area contributed by atoms with Crippen LogP contribution in [0.2, 0.25) is 0 Å². The lowest BCUT2D eigenvalue weighted by molar-refractivity contribution is -0.299. The van der Waals surface area contributed by atoms with Gasteiger partial charge in [-0.3, -0.25) is 4.79 Å². The van der Waals surface area contributed by atoms with Gasteiger partial charge in [0, 0.05) is 0 Å². The summed E-state index contributed by atoms with van der Waals surface area (Å²) in [5.41, 5.74) is 0. The molecule has 1 unspecified atom stereocenters. The maximum absolute atomic E-state index is 11.6. The van der Waals surface area contributed by atoms with Gasteiger partial charge in [0.2, 0.25) is 0 Å². The summed E-state index contributed by atoms with van der Waals surface area (Å²) in [4.78, 5) is 11.6. The van der Waals surface area contributed by atoms with Crippen molar-refractivity contribution >= 4 is 5.78 Å². The zero-order valence-electron chi connectivity index (χ0n) is 12.0. The van der Waals surface area contributed by atoms with Crippen molar-refractivity contribution in [3.63, 3.8) is 0 Å². The molecule has 1 aliphatic rings. The van der Waals surface area contributed by atoms with Gasteiger partial charge in [-0.1, -0.05) is 0 Å². The molecule has 0 spiro atoms. The third kappa shape index (κ3) is 4.87. The zero-order valence-corrected chi connectivity index (χ0v) is 12.0. The van der Waals surface area contributed by atoms with Crippen molar-refractivity contribution in [1.29, 1.82) is 0 Å². The van der Waals surface area contributed by atoms with Gasteiger partial charge in [0.15, 0.2) is 12.1 Å². The molecule has 0 aliphatic carbocycles. The van der Waals surface area contributed by atoms with Gasteiger partial charge >= 0.3 is 0 Å². The van der Waals surface area contributed by atoms with E-state index in [1.807, 2.05) is 0 Å². The number of carbonyl (C=O) groups excluding carboxylic acids is 1. The minimum absolute atomic E-state index is 0.678. The molecule has 0 bridgehead atoms. The summed E-state index contributed by atoms with van der Waals surface area (Å²) in [6.07, 6.45) is -13.5. The van der Waals surface area contributed by atoms with E-state index in [1.54, 1.807) is 0 Å². The van der Waals surface area contributed by atoms with E-state index in [0.29, 0.717) is 0 Å². The second kappa shape index (κ2) is 8.94. The highest BCUT2D eigenvalue weighted by molar-refractivity contribution is 5.84. The molecule has 0 amide bonds. The molecule has 0 aromatic carbocycles. The zero-order chi connectivity index (χ0) is 17.7. The van der Waals surface area contributed by atoms with Crippen LogP contribution in [-0.4, -0.2) is 115 Å². The van der Waals surface area contributed by atoms with Gasteiger partial charge in [-0.05, 0) is 0 Å². The van der Waals surface area contributed by atoms with Gasteiger partial charge in [-0.2, -0.15) is 0 Å². The molecule has 8 N–H and O–H groups in total. The molecule has 8 atom stereocenters. The number of rotatable bonds is 8. The first-order chi connectivity index (χ1) is 10.7. The molecule has 1 fully saturated rings. The number of hydrogen-bond donors (Lipinski definition) is 8. The average molecular weight is 342 g/mol. The van der Waals surface area contributed by atoms with Crippen LogP contribution in [0.15, 0.2) is 0 Å². The Bertz CT molecular complexity index is 376. The van der Waals surface area contributed by atoms with Crippen molar-refractivity contribution in [2.75, 3.05) is 19.8 Å². The van der Waals surface area contributed by atoms with E-state index >= 15 is 0 Å². The Labute approximate surface area is 130 Å². The molecule has 0 aromatic heterocycles. The fourth-order valence-corrected chi connectivity index (χ4v) is 1.96. The molecule has 0 saturated carbocycles. The molecule has 11 nitrogen and oxygen atoms in total. The minimum atomic E-state index is -2.05. The van der Waals surface area contributed by atoms with Crippen LogP contribution < -0.4 is 0 Å². The van der Waals surface area contributed by atoms with Crippen LogP contribution in [-0.2, 0) is 14.3 Å². The third-order valence-corrected chi connectivity index (χ3v) is 3.47. The van der Waals surface area contributed by atoms with Crippen LogP contribution >= 0.6 is 0 Å². The minimum Gasteiger partial charge on any atom is -0.394 e. The van der Waals surface area contributed by atoms with E-state index in [1.165, 1.54) is 0 Å². The molecule has 1 aliphatic heterocycles. The molecule has 11 heteroatoms. The molecule has 136 valence electrons. The second-order valence-electron chi connectivity index (χ2n) is 5.16. The number of ketones is 1. The van der Waals surface area contributed by atoms with Gasteiger partial charge < -0.3 is 50.3 Å². The Morgan fingerprint density at radius 3 is 2.17 bits per heavy atom. The summed E-state index contributed by atoms with van der Waals surface area (Å²) in [5, 5.41) is 74.4. The lowest BCUT2D eigenvalue weighted by Gasteiger charge is -2.39. The summed E-state index contributed by atoms with van der Waals surface area (Å²) in [6, 6.07) is 0. The molecule has 1 rings (SSSR count). The summed E-state index contributed by atoms with van der Waals surface area (Å²) < 4.78 is 9.85.